The maximum atomic E-state index is 12.3. The number of amides is 1. The molecule has 1 heterocycles. The molecule has 2 rings (SSSR count). The van der Waals surface area contributed by atoms with Crippen molar-refractivity contribution in [2.24, 2.45) is 0 Å². The maximum absolute atomic E-state index is 12.3. The molecule has 7 heteroatoms. The lowest BCUT2D eigenvalue weighted by atomic mass is 10.1. The number of likely N-dealkylation sites (tertiary alicyclic amines) is 1. The van der Waals surface area contributed by atoms with Crippen molar-refractivity contribution in [1.82, 2.24) is 4.90 Å². The minimum atomic E-state index is -0.858. The van der Waals surface area contributed by atoms with Gasteiger partial charge in [-0.3, -0.25) is 14.9 Å². The molecule has 1 aromatic carbocycles. The van der Waals surface area contributed by atoms with Gasteiger partial charge in [0.25, 0.3) is 11.6 Å². The van der Waals surface area contributed by atoms with Crippen LogP contribution in [0.15, 0.2) is 22.7 Å². The van der Waals surface area contributed by atoms with Gasteiger partial charge in [0, 0.05) is 29.7 Å². The number of nitrogens with zero attached hydrogens (tertiary/aromatic N) is 2. The molecule has 19 heavy (non-hydrogen) atoms. The molecule has 102 valence electrons. The largest absolute Gasteiger partial charge is 0.388 e. The maximum Gasteiger partial charge on any atom is 0.270 e. The molecule has 0 saturated carbocycles. The van der Waals surface area contributed by atoms with Crippen LogP contribution in [0.25, 0.3) is 0 Å². The number of non-ortho nitro benzene ring substituents is 1. The number of carbonyl (C=O) groups excluding carboxylic acids is 1. The SMILES string of the molecule is CC1(O)CCN(C(=O)c2ccc([N+](=O)[O-])cc2Br)C1. The molecule has 1 saturated heterocycles. The van der Waals surface area contributed by atoms with Gasteiger partial charge in [-0.2, -0.15) is 0 Å². The van der Waals surface area contributed by atoms with Gasteiger partial charge in [-0.25, -0.2) is 0 Å². The molecule has 1 aromatic rings. The number of rotatable bonds is 2. The van der Waals surface area contributed by atoms with E-state index < -0.39 is 10.5 Å². The summed E-state index contributed by atoms with van der Waals surface area (Å²) in [6.45, 7) is 2.44. The van der Waals surface area contributed by atoms with E-state index in [1.165, 1.54) is 18.2 Å². The summed E-state index contributed by atoms with van der Waals surface area (Å²) in [5.41, 5.74) is -0.566. The number of halogens is 1. The Labute approximate surface area is 118 Å². The lowest BCUT2D eigenvalue weighted by Gasteiger charge is -2.19. The standard InChI is InChI=1S/C12H13BrN2O4/c1-12(17)4-5-14(7-12)11(16)9-3-2-8(15(18)19)6-10(9)13/h2-3,6,17H,4-5,7H2,1H3. The van der Waals surface area contributed by atoms with Crippen molar-refractivity contribution in [3.63, 3.8) is 0 Å². The van der Waals surface area contributed by atoms with Crippen LogP contribution in [0.2, 0.25) is 0 Å². The Morgan fingerprint density at radius 2 is 2.26 bits per heavy atom. The van der Waals surface area contributed by atoms with E-state index in [-0.39, 0.29) is 18.1 Å². The Morgan fingerprint density at radius 1 is 1.58 bits per heavy atom. The van der Waals surface area contributed by atoms with E-state index >= 15 is 0 Å². The van der Waals surface area contributed by atoms with E-state index in [1.54, 1.807) is 11.8 Å². The molecule has 1 amide bonds. The van der Waals surface area contributed by atoms with E-state index in [0.29, 0.717) is 23.0 Å². The fourth-order valence-corrected chi connectivity index (χ4v) is 2.62. The highest BCUT2D eigenvalue weighted by Gasteiger charge is 2.34. The third-order valence-electron chi connectivity index (χ3n) is 3.13. The van der Waals surface area contributed by atoms with Crippen LogP contribution in [-0.4, -0.2) is 39.5 Å². The summed E-state index contributed by atoms with van der Waals surface area (Å²) in [7, 11) is 0. The van der Waals surface area contributed by atoms with Crippen LogP contribution < -0.4 is 0 Å². The molecule has 1 aliphatic rings. The number of nitro groups is 1. The van der Waals surface area contributed by atoms with E-state index in [2.05, 4.69) is 15.9 Å². The second kappa shape index (κ2) is 4.90. The predicted octanol–water partition coefficient (Wildman–Crippen LogP) is 1.95. The minimum absolute atomic E-state index is 0.0724. The highest BCUT2D eigenvalue weighted by atomic mass is 79.9. The molecular weight excluding hydrogens is 316 g/mol. The summed E-state index contributed by atoms with van der Waals surface area (Å²) in [5, 5.41) is 20.5. The fraction of sp³-hybridized carbons (Fsp3) is 0.417. The Bertz CT molecular complexity index is 545. The topological polar surface area (TPSA) is 83.7 Å². The summed E-state index contributed by atoms with van der Waals surface area (Å²) in [5.74, 6) is -0.237. The Hall–Kier alpha value is -1.47. The first-order valence-electron chi connectivity index (χ1n) is 5.76. The highest BCUT2D eigenvalue weighted by molar-refractivity contribution is 9.10. The van der Waals surface area contributed by atoms with Gasteiger partial charge < -0.3 is 10.0 Å². The number of β-amino-alcohol motifs (C(OH)–C–C–N with tert-alkyl or cyclic N) is 1. The van der Waals surface area contributed by atoms with Gasteiger partial charge in [0.1, 0.15) is 0 Å². The zero-order chi connectivity index (χ0) is 14.2. The van der Waals surface area contributed by atoms with Crippen molar-refractivity contribution in [1.29, 1.82) is 0 Å². The first kappa shape index (κ1) is 14.0. The van der Waals surface area contributed by atoms with Crippen LogP contribution in [0, 0.1) is 10.1 Å². The van der Waals surface area contributed by atoms with Crippen LogP contribution in [-0.2, 0) is 0 Å². The van der Waals surface area contributed by atoms with Crippen LogP contribution >= 0.6 is 15.9 Å². The summed E-state index contributed by atoms with van der Waals surface area (Å²) in [6, 6.07) is 4.03. The number of carbonyl (C=O) groups is 1. The van der Waals surface area contributed by atoms with Gasteiger partial charge in [0.2, 0.25) is 0 Å². The highest BCUT2D eigenvalue weighted by Crippen LogP contribution is 2.27. The molecule has 6 nitrogen and oxygen atoms in total. The average Bonchev–Trinajstić information content (AvgIpc) is 2.68. The van der Waals surface area contributed by atoms with Crippen LogP contribution in [0.4, 0.5) is 5.69 Å². The van der Waals surface area contributed by atoms with Crippen LogP contribution in [0.3, 0.4) is 0 Å². The predicted molar refractivity (Wildman–Crippen MR) is 71.9 cm³/mol. The van der Waals surface area contributed by atoms with Gasteiger partial charge in [-0.1, -0.05) is 0 Å². The van der Waals surface area contributed by atoms with Crippen LogP contribution in [0.5, 0.6) is 0 Å². The molecule has 0 radical (unpaired) electrons. The summed E-state index contributed by atoms with van der Waals surface area (Å²) >= 11 is 3.18. The summed E-state index contributed by atoms with van der Waals surface area (Å²) in [6.07, 6.45) is 0.531. The zero-order valence-electron chi connectivity index (χ0n) is 10.3. The number of benzene rings is 1. The number of hydrogen-bond acceptors (Lipinski definition) is 4. The molecule has 0 spiro atoms. The third-order valence-corrected chi connectivity index (χ3v) is 3.79. The second-order valence-electron chi connectivity index (χ2n) is 4.89. The number of hydrogen-bond donors (Lipinski definition) is 1. The average molecular weight is 329 g/mol. The number of nitro benzene ring substituents is 1. The Morgan fingerprint density at radius 3 is 2.74 bits per heavy atom. The lowest BCUT2D eigenvalue weighted by molar-refractivity contribution is -0.384. The van der Waals surface area contributed by atoms with Crippen LogP contribution in [0.1, 0.15) is 23.7 Å². The smallest absolute Gasteiger partial charge is 0.270 e. The third kappa shape index (κ3) is 2.93. The van der Waals surface area contributed by atoms with Gasteiger partial charge >= 0.3 is 0 Å². The van der Waals surface area contributed by atoms with Gasteiger partial charge in [0.05, 0.1) is 16.1 Å². The fourth-order valence-electron chi connectivity index (χ4n) is 2.08. The molecule has 1 N–H and O–H groups in total. The minimum Gasteiger partial charge on any atom is -0.388 e. The second-order valence-corrected chi connectivity index (χ2v) is 5.75. The van der Waals surface area contributed by atoms with Crippen molar-refractivity contribution in [2.45, 2.75) is 18.9 Å². The van der Waals surface area contributed by atoms with E-state index in [0.717, 1.165) is 0 Å². The lowest BCUT2D eigenvalue weighted by Crippen LogP contribution is -2.34. The van der Waals surface area contributed by atoms with Crippen molar-refractivity contribution in [3.05, 3.63) is 38.3 Å². The molecule has 1 atom stereocenters. The first-order valence-corrected chi connectivity index (χ1v) is 6.55. The molecule has 1 unspecified atom stereocenters. The normalized spacial score (nSPS) is 22.6. The quantitative estimate of drug-likeness (QED) is 0.664. The van der Waals surface area contributed by atoms with E-state index in [1.807, 2.05) is 0 Å². The summed E-state index contributed by atoms with van der Waals surface area (Å²) in [4.78, 5) is 23.9. The van der Waals surface area contributed by atoms with Crippen molar-refractivity contribution < 1.29 is 14.8 Å². The van der Waals surface area contributed by atoms with Crippen molar-refractivity contribution in [2.75, 3.05) is 13.1 Å². The molecule has 1 fully saturated rings. The Kier molecular flexibility index (Phi) is 3.60. The molecular formula is C12H13BrN2O4. The van der Waals surface area contributed by atoms with E-state index in [9.17, 15) is 20.0 Å². The van der Waals surface area contributed by atoms with Gasteiger partial charge in [-0.15, -0.1) is 0 Å². The zero-order valence-corrected chi connectivity index (χ0v) is 11.9. The molecule has 1 aliphatic heterocycles. The summed E-state index contributed by atoms with van der Waals surface area (Å²) < 4.78 is 0.387. The molecule has 0 bridgehead atoms. The molecule has 0 aromatic heterocycles. The molecule has 0 aliphatic carbocycles. The van der Waals surface area contributed by atoms with Crippen molar-refractivity contribution >= 4 is 27.5 Å². The monoisotopic (exact) mass is 328 g/mol. The first-order chi connectivity index (χ1) is 8.80. The Balaban J connectivity index is 2.23. The van der Waals surface area contributed by atoms with E-state index in [4.69, 9.17) is 0 Å². The van der Waals surface area contributed by atoms with Crippen molar-refractivity contribution in [3.8, 4) is 0 Å². The van der Waals surface area contributed by atoms with Gasteiger partial charge in [-0.05, 0) is 35.3 Å². The number of aliphatic hydroxyl groups is 1. The van der Waals surface area contributed by atoms with Gasteiger partial charge in [0.15, 0.2) is 0 Å².